The third-order valence-corrected chi connectivity index (χ3v) is 6.53. The summed E-state index contributed by atoms with van der Waals surface area (Å²) in [6, 6.07) is 9.17. The summed E-state index contributed by atoms with van der Waals surface area (Å²) in [6.07, 6.45) is 5.62. The van der Waals surface area contributed by atoms with Crippen molar-refractivity contribution in [2.45, 2.75) is 55.7 Å². The second-order valence-corrected chi connectivity index (χ2v) is 7.98. The maximum absolute atomic E-state index is 4.64. The minimum absolute atomic E-state index is 0.735. The Morgan fingerprint density at radius 2 is 2.00 bits per heavy atom. The molecule has 2 bridgehead atoms. The molecule has 2 fully saturated rings. The molecule has 0 radical (unpaired) electrons. The van der Waals surface area contributed by atoms with Crippen LogP contribution in [0.1, 0.15) is 31.5 Å². The molecular weight excluding hydrogens is 278 g/mol. The van der Waals surface area contributed by atoms with Gasteiger partial charge in [0, 0.05) is 29.6 Å². The van der Waals surface area contributed by atoms with E-state index < -0.39 is 0 Å². The monoisotopic (exact) mass is 301 g/mol. The molecule has 2 aromatic rings. The lowest BCUT2D eigenvalue weighted by Crippen LogP contribution is -2.37. The second-order valence-electron chi connectivity index (χ2n) is 6.38. The number of hydrogen-bond acceptors (Lipinski definition) is 3. The SMILES string of the molecule is Cc1nc2ccccc2n1CCNC1CC2CCC(C1)S2. The average molecular weight is 301 g/mol. The third kappa shape index (κ3) is 2.71. The Kier molecular flexibility index (Phi) is 3.67. The van der Waals surface area contributed by atoms with Crippen molar-refractivity contribution in [1.29, 1.82) is 0 Å². The smallest absolute Gasteiger partial charge is 0.106 e. The number of para-hydroxylation sites is 2. The zero-order valence-electron chi connectivity index (χ0n) is 12.6. The highest BCUT2D eigenvalue weighted by Gasteiger charge is 2.34. The second kappa shape index (κ2) is 5.65. The Morgan fingerprint density at radius 3 is 2.81 bits per heavy atom. The zero-order valence-corrected chi connectivity index (χ0v) is 13.4. The summed E-state index contributed by atoms with van der Waals surface area (Å²) in [7, 11) is 0. The summed E-state index contributed by atoms with van der Waals surface area (Å²) >= 11 is 2.24. The number of nitrogens with one attached hydrogen (secondary N) is 1. The van der Waals surface area contributed by atoms with E-state index in [1.807, 2.05) is 0 Å². The van der Waals surface area contributed by atoms with Crippen LogP contribution in [0.15, 0.2) is 24.3 Å². The Bertz CT molecular complexity index is 624. The minimum Gasteiger partial charge on any atom is -0.327 e. The molecule has 112 valence electrons. The largest absolute Gasteiger partial charge is 0.327 e. The highest BCUT2D eigenvalue weighted by Crippen LogP contribution is 2.43. The fourth-order valence-electron chi connectivity index (χ4n) is 3.88. The van der Waals surface area contributed by atoms with E-state index in [0.717, 1.165) is 41.0 Å². The Morgan fingerprint density at radius 1 is 1.24 bits per heavy atom. The average Bonchev–Trinajstić information content (AvgIpc) is 2.99. The van der Waals surface area contributed by atoms with Crippen molar-refractivity contribution in [2.75, 3.05) is 6.54 Å². The summed E-state index contributed by atoms with van der Waals surface area (Å²) in [6.45, 7) is 4.18. The van der Waals surface area contributed by atoms with Crippen LogP contribution in [0, 0.1) is 6.92 Å². The molecule has 1 N–H and O–H groups in total. The lowest BCUT2D eigenvalue weighted by Gasteiger charge is -2.28. The van der Waals surface area contributed by atoms with Gasteiger partial charge in [0.05, 0.1) is 11.0 Å². The third-order valence-electron chi connectivity index (χ3n) is 4.90. The summed E-state index contributed by atoms with van der Waals surface area (Å²) in [4.78, 5) is 4.64. The number of nitrogens with zero attached hydrogens (tertiary/aromatic N) is 2. The number of imidazole rings is 1. The summed E-state index contributed by atoms with van der Waals surface area (Å²) in [5.74, 6) is 1.12. The van der Waals surface area contributed by atoms with Crippen LogP contribution < -0.4 is 5.32 Å². The summed E-state index contributed by atoms with van der Waals surface area (Å²) in [5, 5.41) is 5.65. The molecule has 2 aliphatic rings. The van der Waals surface area contributed by atoms with Crippen LogP contribution in [0.4, 0.5) is 0 Å². The molecule has 1 aromatic carbocycles. The van der Waals surface area contributed by atoms with Crippen LogP contribution in [-0.4, -0.2) is 32.6 Å². The number of thioether (sulfide) groups is 1. The van der Waals surface area contributed by atoms with Crippen molar-refractivity contribution in [3.63, 3.8) is 0 Å². The molecular formula is C17H23N3S. The van der Waals surface area contributed by atoms with E-state index in [4.69, 9.17) is 0 Å². The fourth-order valence-corrected chi connectivity index (χ4v) is 5.66. The first-order chi connectivity index (χ1) is 10.3. The number of hydrogen-bond donors (Lipinski definition) is 1. The first-order valence-electron chi connectivity index (χ1n) is 8.10. The highest BCUT2D eigenvalue weighted by molar-refractivity contribution is 8.00. The summed E-state index contributed by atoms with van der Waals surface area (Å²) < 4.78 is 2.34. The first kappa shape index (κ1) is 13.6. The van der Waals surface area contributed by atoms with E-state index in [-0.39, 0.29) is 0 Å². The number of aromatic nitrogens is 2. The molecule has 2 atom stereocenters. The summed E-state index contributed by atoms with van der Waals surface area (Å²) in [5.41, 5.74) is 2.37. The predicted octanol–water partition coefficient (Wildman–Crippen LogP) is 3.36. The fraction of sp³-hybridized carbons (Fsp3) is 0.588. The number of benzene rings is 1. The molecule has 3 heterocycles. The Hall–Kier alpha value is -1.00. The van der Waals surface area contributed by atoms with Crippen molar-refractivity contribution < 1.29 is 0 Å². The van der Waals surface area contributed by atoms with E-state index in [1.165, 1.54) is 31.2 Å². The van der Waals surface area contributed by atoms with Crippen LogP contribution in [0.25, 0.3) is 11.0 Å². The normalized spacial score (nSPS) is 28.3. The van der Waals surface area contributed by atoms with Gasteiger partial charge in [-0.2, -0.15) is 11.8 Å². The topological polar surface area (TPSA) is 29.9 Å². The maximum atomic E-state index is 4.64. The molecule has 4 heteroatoms. The van der Waals surface area contributed by atoms with Crippen LogP contribution in [-0.2, 0) is 6.54 Å². The number of rotatable bonds is 4. The van der Waals surface area contributed by atoms with E-state index in [1.54, 1.807) is 0 Å². The first-order valence-corrected chi connectivity index (χ1v) is 9.04. The van der Waals surface area contributed by atoms with E-state index in [2.05, 4.69) is 57.8 Å². The molecule has 0 aliphatic carbocycles. The number of fused-ring (bicyclic) bond motifs is 3. The van der Waals surface area contributed by atoms with Gasteiger partial charge in [0.2, 0.25) is 0 Å². The quantitative estimate of drug-likeness (QED) is 0.939. The van der Waals surface area contributed by atoms with Gasteiger partial charge in [0.25, 0.3) is 0 Å². The van der Waals surface area contributed by atoms with Crippen molar-refractivity contribution >= 4 is 22.8 Å². The van der Waals surface area contributed by atoms with Gasteiger partial charge in [0.15, 0.2) is 0 Å². The minimum atomic E-state index is 0.735. The van der Waals surface area contributed by atoms with E-state index >= 15 is 0 Å². The molecule has 2 saturated heterocycles. The van der Waals surface area contributed by atoms with Crippen LogP contribution >= 0.6 is 11.8 Å². The van der Waals surface area contributed by atoms with Gasteiger partial charge in [-0.1, -0.05) is 12.1 Å². The lowest BCUT2D eigenvalue weighted by atomic mass is 10.1. The van der Waals surface area contributed by atoms with Gasteiger partial charge < -0.3 is 9.88 Å². The van der Waals surface area contributed by atoms with Crippen molar-refractivity contribution in [3.8, 4) is 0 Å². The van der Waals surface area contributed by atoms with E-state index in [9.17, 15) is 0 Å². The Labute approximate surface area is 130 Å². The molecule has 1 aromatic heterocycles. The zero-order chi connectivity index (χ0) is 14.2. The van der Waals surface area contributed by atoms with Gasteiger partial charge in [-0.25, -0.2) is 4.98 Å². The Balaban J connectivity index is 1.39. The van der Waals surface area contributed by atoms with Crippen LogP contribution in [0.2, 0.25) is 0 Å². The molecule has 2 unspecified atom stereocenters. The lowest BCUT2D eigenvalue weighted by molar-refractivity contribution is 0.441. The van der Waals surface area contributed by atoms with Crippen LogP contribution in [0.5, 0.6) is 0 Å². The number of aryl methyl sites for hydroxylation is 1. The molecule has 0 spiro atoms. The van der Waals surface area contributed by atoms with Gasteiger partial charge in [-0.05, 0) is 44.7 Å². The molecule has 0 saturated carbocycles. The standard InChI is InChI=1S/C17H23N3S/c1-12-19-16-4-2-3-5-17(16)20(12)9-8-18-13-10-14-6-7-15(11-13)21-14/h2-5,13-15,18H,6-11H2,1H3. The molecule has 4 rings (SSSR count). The molecule has 0 amide bonds. The van der Waals surface area contributed by atoms with Gasteiger partial charge in [-0.3, -0.25) is 0 Å². The molecule has 21 heavy (non-hydrogen) atoms. The van der Waals surface area contributed by atoms with Gasteiger partial charge in [-0.15, -0.1) is 0 Å². The van der Waals surface area contributed by atoms with Gasteiger partial charge >= 0.3 is 0 Å². The molecule has 3 nitrogen and oxygen atoms in total. The van der Waals surface area contributed by atoms with Gasteiger partial charge in [0.1, 0.15) is 5.82 Å². The maximum Gasteiger partial charge on any atom is 0.106 e. The predicted molar refractivity (Wildman–Crippen MR) is 89.9 cm³/mol. The van der Waals surface area contributed by atoms with E-state index in [0.29, 0.717) is 0 Å². The van der Waals surface area contributed by atoms with Crippen LogP contribution in [0.3, 0.4) is 0 Å². The molecule has 2 aliphatic heterocycles. The highest BCUT2D eigenvalue weighted by atomic mass is 32.2. The van der Waals surface area contributed by atoms with Crippen molar-refractivity contribution in [2.24, 2.45) is 0 Å². The van der Waals surface area contributed by atoms with Crippen molar-refractivity contribution in [3.05, 3.63) is 30.1 Å². The van der Waals surface area contributed by atoms with Crippen molar-refractivity contribution in [1.82, 2.24) is 14.9 Å².